The summed E-state index contributed by atoms with van der Waals surface area (Å²) in [5.74, 6) is 1.69. The van der Waals surface area contributed by atoms with E-state index in [0.29, 0.717) is 11.7 Å². The van der Waals surface area contributed by atoms with Gasteiger partial charge in [-0.25, -0.2) is 0 Å². The number of carbonyl (C=O) groups excluding carboxylic acids is 1. The molecule has 0 spiro atoms. The molecule has 0 bridgehead atoms. The van der Waals surface area contributed by atoms with Crippen molar-refractivity contribution in [3.63, 3.8) is 0 Å². The zero-order chi connectivity index (χ0) is 16.1. The summed E-state index contributed by atoms with van der Waals surface area (Å²) in [6, 6.07) is 7.17. The van der Waals surface area contributed by atoms with Crippen molar-refractivity contribution in [2.45, 2.75) is 24.7 Å². The van der Waals surface area contributed by atoms with Gasteiger partial charge in [0.25, 0.3) is 0 Å². The van der Waals surface area contributed by atoms with Gasteiger partial charge in [-0.2, -0.15) is 0 Å². The molecule has 1 amide bonds. The standard InChI is InChI=1S/C15H16N4O3S/c1-11(13-5-3-7-22-13)17-14(20)9-23-15-18-16-10-19(15)8-12-4-2-6-21-12/h2-7,10-11H,8-9H2,1H3,(H,17,20). The van der Waals surface area contributed by atoms with Crippen LogP contribution in [0.2, 0.25) is 0 Å². The number of carbonyl (C=O) groups is 1. The van der Waals surface area contributed by atoms with E-state index in [4.69, 9.17) is 8.83 Å². The summed E-state index contributed by atoms with van der Waals surface area (Å²) in [4.78, 5) is 12.0. The van der Waals surface area contributed by atoms with E-state index in [9.17, 15) is 4.79 Å². The second kappa shape index (κ2) is 7.19. The molecule has 120 valence electrons. The number of amides is 1. The van der Waals surface area contributed by atoms with E-state index in [1.807, 2.05) is 29.7 Å². The van der Waals surface area contributed by atoms with Crippen molar-refractivity contribution >= 4 is 17.7 Å². The smallest absolute Gasteiger partial charge is 0.231 e. The second-order valence-corrected chi connectivity index (χ2v) is 5.86. The predicted octanol–water partition coefficient (Wildman–Crippen LogP) is 2.48. The van der Waals surface area contributed by atoms with E-state index < -0.39 is 0 Å². The molecule has 0 aliphatic carbocycles. The van der Waals surface area contributed by atoms with Gasteiger partial charge >= 0.3 is 0 Å². The molecule has 7 nitrogen and oxygen atoms in total. The quantitative estimate of drug-likeness (QED) is 0.669. The third kappa shape index (κ3) is 4.04. The molecule has 0 saturated carbocycles. The zero-order valence-electron chi connectivity index (χ0n) is 12.5. The molecule has 23 heavy (non-hydrogen) atoms. The van der Waals surface area contributed by atoms with Crippen molar-refractivity contribution in [3.05, 3.63) is 54.6 Å². The fraction of sp³-hybridized carbons (Fsp3) is 0.267. The summed E-state index contributed by atoms with van der Waals surface area (Å²) in [5, 5.41) is 11.5. The maximum Gasteiger partial charge on any atom is 0.231 e. The van der Waals surface area contributed by atoms with Crippen molar-refractivity contribution in [1.82, 2.24) is 20.1 Å². The normalized spacial score (nSPS) is 12.2. The molecular weight excluding hydrogens is 316 g/mol. The Kier molecular flexibility index (Phi) is 4.82. The van der Waals surface area contributed by atoms with Crippen LogP contribution in [-0.4, -0.2) is 26.4 Å². The van der Waals surface area contributed by atoms with E-state index in [-0.39, 0.29) is 17.7 Å². The molecule has 0 aliphatic rings. The minimum absolute atomic E-state index is 0.0913. The molecule has 3 rings (SSSR count). The van der Waals surface area contributed by atoms with Crippen LogP contribution in [0.25, 0.3) is 0 Å². The number of aromatic nitrogens is 3. The van der Waals surface area contributed by atoms with Crippen LogP contribution in [0.15, 0.2) is 57.1 Å². The number of hydrogen-bond acceptors (Lipinski definition) is 6. The van der Waals surface area contributed by atoms with Crippen LogP contribution in [0.5, 0.6) is 0 Å². The minimum Gasteiger partial charge on any atom is -0.467 e. The maximum atomic E-state index is 12.0. The Bertz CT molecular complexity index is 737. The van der Waals surface area contributed by atoms with Crippen molar-refractivity contribution in [1.29, 1.82) is 0 Å². The molecule has 3 heterocycles. The van der Waals surface area contributed by atoms with E-state index in [2.05, 4.69) is 15.5 Å². The summed E-state index contributed by atoms with van der Waals surface area (Å²) in [5.41, 5.74) is 0. The first-order valence-electron chi connectivity index (χ1n) is 7.08. The van der Waals surface area contributed by atoms with E-state index in [0.717, 1.165) is 11.5 Å². The van der Waals surface area contributed by atoms with Gasteiger partial charge in [0.15, 0.2) is 5.16 Å². The number of nitrogens with zero attached hydrogens (tertiary/aromatic N) is 3. The van der Waals surface area contributed by atoms with Crippen LogP contribution in [0.3, 0.4) is 0 Å². The largest absolute Gasteiger partial charge is 0.467 e. The predicted molar refractivity (Wildman–Crippen MR) is 83.8 cm³/mol. The second-order valence-electron chi connectivity index (χ2n) is 4.91. The lowest BCUT2D eigenvalue weighted by molar-refractivity contribution is -0.119. The zero-order valence-corrected chi connectivity index (χ0v) is 13.3. The van der Waals surface area contributed by atoms with Crippen LogP contribution in [0, 0.1) is 0 Å². The summed E-state index contributed by atoms with van der Waals surface area (Å²) in [7, 11) is 0. The van der Waals surface area contributed by atoms with Gasteiger partial charge in [-0.15, -0.1) is 10.2 Å². The third-order valence-electron chi connectivity index (χ3n) is 3.17. The molecule has 0 fully saturated rings. The molecule has 3 aromatic rings. The topological polar surface area (TPSA) is 86.1 Å². The first-order chi connectivity index (χ1) is 11.2. The molecule has 0 aliphatic heterocycles. The molecule has 1 N–H and O–H groups in total. The maximum absolute atomic E-state index is 12.0. The van der Waals surface area contributed by atoms with Crippen molar-refractivity contribution in [3.8, 4) is 0 Å². The Morgan fingerprint density at radius 2 is 2.17 bits per heavy atom. The average Bonchev–Trinajstić information content (AvgIpc) is 3.29. The van der Waals surface area contributed by atoms with Crippen molar-refractivity contribution in [2.75, 3.05) is 5.75 Å². The van der Waals surface area contributed by atoms with Crippen LogP contribution in [0.1, 0.15) is 24.5 Å². The van der Waals surface area contributed by atoms with Crippen LogP contribution in [-0.2, 0) is 11.3 Å². The molecule has 0 aromatic carbocycles. The first kappa shape index (κ1) is 15.4. The van der Waals surface area contributed by atoms with Crippen LogP contribution in [0.4, 0.5) is 0 Å². The lowest BCUT2D eigenvalue weighted by Crippen LogP contribution is -2.28. The number of nitrogens with one attached hydrogen (secondary N) is 1. The molecule has 1 unspecified atom stereocenters. The van der Waals surface area contributed by atoms with E-state index >= 15 is 0 Å². The Morgan fingerprint density at radius 3 is 2.91 bits per heavy atom. The lowest BCUT2D eigenvalue weighted by Gasteiger charge is -2.11. The number of thioether (sulfide) groups is 1. The lowest BCUT2D eigenvalue weighted by atomic mass is 10.2. The van der Waals surface area contributed by atoms with Gasteiger partial charge in [0.1, 0.15) is 17.8 Å². The van der Waals surface area contributed by atoms with Gasteiger partial charge in [-0.1, -0.05) is 11.8 Å². The van der Waals surface area contributed by atoms with Gasteiger partial charge < -0.3 is 18.7 Å². The fourth-order valence-corrected chi connectivity index (χ4v) is 2.78. The fourth-order valence-electron chi connectivity index (χ4n) is 2.06. The first-order valence-corrected chi connectivity index (χ1v) is 8.06. The highest BCUT2D eigenvalue weighted by Gasteiger charge is 2.14. The van der Waals surface area contributed by atoms with Crippen molar-refractivity contribution < 1.29 is 13.6 Å². The molecular formula is C15H16N4O3S. The molecule has 8 heteroatoms. The molecule has 0 saturated heterocycles. The van der Waals surface area contributed by atoms with Gasteiger partial charge in [-0.05, 0) is 31.2 Å². The average molecular weight is 332 g/mol. The van der Waals surface area contributed by atoms with Crippen LogP contribution >= 0.6 is 11.8 Å². The Hall–Kier alpha value is -2.48. The SMILES string of the molecule is CC(NC(=O)CSc1nncn1Cc1ccco1)c1ccco1. The molecule has 0 radical (unpaired) electrons. The van der Waals surface area contributed by atoms with Gasteiger partial charge in [0.05, 0.1) is 30.9 Å². The highest BCUT2D eigenvalue weighted by atomic mass is 32.2. The van der Waals surface area contributed by atoms with Crippen LogP contribution < -0.4 is 5.32 Å². The molecule has 1 atom stereocenters. The van der Waals surface area contributed by atoms with Gasteiger partial charge in [0, 0.05) is 0 Å². The molecule has 3 aromatic heterocycles. The van der Waals surface area contributed by atoms with E-state index in [1.165, 1.54) is 11.8 Å². The number of rotatable bonds is 7. The van der Waals surface area contributed by atoms with Crippen molar-refractivity contribution in [2.24, 2.45) is 0 Å². The highest BCUT2D eigenvalue weighted by Crippen LogP contribution is 2.17. The Balaban J connectivity index is 1.52. The summed E-state index contributed by atoms with van der Waals surface area (Å²) in [6.07, 6.45) is 4.83. The monoisotopic (exact) mass is 332 g/mol. The van der Waals surface area contributed by atoms with E-state index in [1.54, 1.807) is 24.9 Å². The Labute approximate surface area is 137 Å². The van der Waals surface area contributed by atoms with Gasteiger partial charge in [-0.3, -0.25) is 4.79 Å². The highest BCUT2D eigenvalue weighted by molar-refractivity contribution is 7.99. The minimum atomic E-state index is -0.168. The summed E-state index contributed by atoms with van der Waals surface area (Å²) in [6.45, 7) is 2.41. The number of hydrogen-bond donors (Lipinski definition) is 1. The van der Waals surface area contributed by atoms with Gasteiger partial charge in [0.2, 0.25) is 5.91 Å². The summed E-state index contributed by atoms with van der Waals surface area (Å²) >= 11 is 1.33. The summed E-state index contributed by atoms with van der Waals surface area (Å²) < 4.78 is 12.4. The Morgan fingerprint density at radius 1 is 1.35 bits per heavy atom. The number of furan rings is 2. The third-order valence-corrected chi connectivity index (χ3v) is 4.15.